The standard InChI is InChI=1S/C22H21ClN2O5S2/c1-15-6-7-17(32(27,28)25-8-10-29-11-9-25)12-19(15)22(26)30-13-16-14-31-21(24-16)18-4-2-3-5-20(18)23/h2-7,12,14H,8-11,13H2,1H3. The van der Waals surface area contributed by atoms with E-state index in [4.69, 9.17) is 21.1 Å². The molecule has 1 fully saturated rings. The first-order valence-electron chi connectivity index (χ1n) is 9.91. The van der Waals surface area contributed by atoms with Gasteiger partial charge >= 0.3 is 5.97 Å². The van der Waals surface area contributed by atoms with Gasteiger partial charge in [-0.05, 0) is 30.7 Å². The van der Waals surface area contributed by atoms with E-state index in [1.807, 2.05) is 18.2 Å². The Bertz CT molecular complexity index is 1240. The largest absolute Gasteiger partial charge is 0.456 e. The fourth-order valence-electron chi connectivity index (χ4n) is 3.27. The van der Waals surface area contributed by atoms with Crippen molar-refractivity contribution in [3.63, 3.8) is 0 Å². The van der Waals surface area contributed by atoms with Gasteiger partial charge in [-0.2, -0.15) is 4.31 Å². The molecule has 0 atom stereocenters. The summed E-state index contributed by atoms with van der Waals surface area (Å²) in [7, 11) is -3.71. The molecule has 4 rings (SSSR count). The molecule has 32 heavy (non-hydrogen) atoms. The van der Waals surface area contributed by atoms with Crippen LogP contribution in [0.5, 0.6) is 0 Å². The Balaban J connectivity index is 1.48. The number of sulfonamides is 1. The molecule has 168 valence electrons. The Morgan fingerprint density at radius 2 is 1.97 bits per heavy atom. The number of rotatable bonds is 6. The lowest BCUT2D eigenvalue weighted by molar-refractivity contribution is 0.0467. The van der Waals surface area contributed by atoms with Crippen molar-refractivity contribution < 1.29 is 22.7 Å². The lowest BCUT2D eigenvalue weighted by Crippen LogP contribution is -2.40. The third kappa shape index (κ3) is 4.87. The molecule has 1 aliphatic heterocycles. The van der Waals surface area contributed by atoms with E-state index in [1.165, 1.54) is 27.8 Å². The first-order chi connectivity index (χ1) is 15.4. The van der Waals surface area contributed by atoms with Gasteiger partial charge in [-0.15, -0.1) is 11.3 Å². The number of morpholine rings is 1. The van der Waals surface area contributed by atoms with Gasteiger partial charge in [0.1, 0.15) is 11.6 Å². The normalized spacial score (nSPS) is 14.9. The van der Waals surface area contributed by atoms with Gasteiger partial charge in [0.2, 0.25) is 10.0 Å². The minimum atomic E-state index is -3.71. The maximum atomic E-state index is 12.9. The Kier molecular flexibility index (Phi) is 6.92. The number of esters is 1. The van der Waals surface area contributed by atoms with Crippen molar-refractivity contribution in [3.05, 3.63) is 69.7 Å². The summed E-state index contributed by atoms with van der Waals surface area (Å²) < 4.78 is 37.9. The molecule has 0 amide bonds. The molecule has 0 N–H and O–H groups in total. The Morgan fingerprint density at radius 3 is 2.72 bits per heavy atom. The van der Waals surface area contributed by atoms with Crippen LogP contribution in [-0.2, 0) is 26.1 Å². The van der Waals surface area contributed by atoms with Crippen molar-refractivity contribution in [1.29, 1.82) is 0 Å². The van der Waals surface area contributed by atoms with Crippen molar-refractivity contribution in [2.75, 3.05) is 26.3 Å². The van der Waals surface area contributed by atoms with Gasteiger partial charge in [-0.3, -0.25) is 0 Å². The average Bonchev–Trinajstić information content (AvgIpc) is 3.27. The van der Waals surface area contributed by atoms with Crippen molar-refractivity contribution in [2.24, 2.45) is 0 Å². The van der Waals surface area contributed by atoms with Crippen LogP contribution in [0.3, 0.4) is 0 Å². The van der Waals surface area contributed by atoms with Crippen LogP contribution in [0.15, 0.2) is 52.7 Å². The number of aromatic nitrogens is 1. The second-order valence-electron chi connectivity index (χ2n) is 7.19. The van der Waals surface area contributed by atoms with Gasteiger partial charge in [-0.1, -0.05) is 35.9 Å². The van der Waals surface area contributed by atoms with Crippen molar-refractivity contribution in [1.82, 2.24) is 9.29 Å². The van der Waals surface area contributed by atoms with Gasteiger partial charge in [0.15, 0.2) is 0 Å². The number of nitrogens with zero attached hydrogens (tertiary/aromatic N) is 2. The van der Waals surface area contributed by atoms with Crippen LogP contribution >= 0.6 is 22.9 Å². The zero-order valence-corrected chi connectivity index (χ0v) is 19.7. The number of benzene rings is 2. The Hall–Kier alpha value is -2.30. The Labute approximate surface area is 195 Å². The zero-order valence-electron chi connectivity index (χ0n) is 17.3. The van der Waals surface area contributed by atoms with Crippen LogP contribution < -0.4 is 0 Å². The summed E-state index contributed by atoms with van der Waals surface area (Å²) in [5, 5.41) is 3.13. The number of carbonyl (C=O) groups is 1. The van der Waals surface area contributed by atoms with Gasteiger partial charge in [0.05, 0.1) is 34.4 Å². The van der Waals surface area contributed by atoms with Crippen LogP contribution in [0.4, 0.5) is 0 Å². The topological polar surface area (TPSA) is 85.8 Å². The summed E-state index contributed by atoms with van der Waals surface area (Å²) in [5.41, 5.74) is 2.24. The maximum absolute atomic E-state index is 12.9. The Morgan fingerprint density at radius 1 is 1.22 bits per heavy atom. The molecular weight excluding hydrogens is 472 g/mol. The summed E-state index contributed by atoms with van der Waals surface area (Å²) >= 11 is 7.63. The van der Waals surface area contributed by atoms with E-state index in [9.17, 15) is 13.2 Å². The van der Waals surface area contributed by atoms with Gasteiger partial charge in [-0.25, -0.2) is 18.2 Å². The first-order valence-corrected chi connectivity index (χ1v) is 12.6. The van der Waals surface area contributed by atoms with Crippen LogP contribution in [-0.4, -0.2) is 50.0 Å². The van der Waals surface area contributed by atoms with E-state index in [1.54, 1.807) is 24.4 Å². The lowest BCUT2D eigenvalue weighted by Gasteiger charge is -2.26. The molecule has 0 saturated carbocycles. The van der Waals surface area contributed by atoms with Gasteiger partial charge in [0.25, 0.3) is 0 Å². The SMILES string of the molecule is Cc1ccc(S(=O)(=O)N2CCOCC2)cc1C(=O)OCc1csc(-c2ccccc2Cl)n1. The highest BCUT2D eigenvalue weighted by Gasteiger charge is 2.27. The molecule has 0 spiro atoms. The van der Waals surface area contributed by atoms with Crippen molar-refractivity contribution >= 4 is 38.9 Å². The van der Waals surface area contributed by atoms with E-state index in [0.717, 1.165) is 10.6 Å². The molecule has 0 unspecified atom stereocenters. The van der Waals surface area contributed by atoms with Gasteiger partial charge in [0, 0.05) is 24.0 Å². The lowest BCUT2D eigenvalue weighted by atomic mass is 10.1. The summed E-state index contributed by atoms with van der Waals surface area (Å²) in [6, 6.07) is 11.9. The highest BCUT2D eigenvalue weighted by molar-refractivity contribution is 7.89. The zero-order chi connectivity index (χ0) is 22.7. The number of aryl methyl sites for hydroxylation is 1. The molecule has 1 aromatic heterocycles. The summed E-state index contributed by atoms with van der Waals surface area (Å²) in [6.07, 6.45) is 0. The molecule has 2 aromatic carbocycles. The highest BCUT2D eigenvalue weighted by Crippen LogP contribution is 2.30. The van der Waals surface area contributed by atoms with E-state index in [-0.39, 0.29) is 30.2 Å². The van der Waals surface area contributed by atoms with Gasteiger partial charge < -0.3 is 9.47 Å². The van der Waals surface area contributed by atoms with E-state index in [0.29, 0.717) is 29.5 Å². The molecule has 10 heteroatoms. The monoisotopic (exact) mass is 492 g/mol. The predicted molar refractivity (Wildman–Crippen MR) is 122 cm³/mol. The number of thiazole rings is 1. The smallest absolute Gasteiger partial charge is 0.338 e. The predicted octanol–water partition coefficient (Wildman–Crippen LogP) is 4.15. The number of hydrogen-bond donors (Lipinski definition) is 0. The maximum Gasteiger partial charge on any atom is 0.338 e. The minimum absolute atomic E-state index is 0.0281. The fourth-order valence-corrected chi connectivity index (χ4v) is 5.83. The summed E-state index contributed by atoms with van der Waals surface area (Å²) in [6.45, 7) is 2.98. The summed E-state index contributed by atoms with van der Waals surface area (Å²) in [5.74, 6) is -0.603. The molecule has 7 nitrogen and oxygen atoms in total. The van der Waals surface area contributed by atoms with Crippen molar-refractivity contribution in [3.8, 4) is 10.6 Å². The number of hydrogen-bond acceptors (Lipinski definition) is 7. The number of ether oxygens (including phenoxy) is 2. The molecule has 1 saturated heterocycles. The van der Waals surface area contributed by atoms with Crippen LogP contribution in [0, 0.1) is 6.92 Å². The molecule has 2 heterocycles. The van der Waals surface area contributed by atoms with E-state index < -0.39 is 16.0 Å². The molecule has 1 aliphatic rings. The quantitative estimate of drug-likeness (QED) is 0.480. The molecule has 3 aromatic rings. The molecular formula is C22H21ClN2O5S2. The third-order valence-electron chi connectivity index (χ3n) is 5.04. The second kappa shape index (κ2) is 9.68. The number of carbonyl (C=O) groups excluding carboxylic acids is 1. The first kappa shape index (κ1) is 22.9. The fraction of sp³-hybridized carbons (Fsp3) is 0.273. The van der Waals surface area contributed by atoms with Crippen LogP contribution in [0.1, 0.15) is 21.6 Å². The molecule has 0 radical (unpaired) electrons. The molecule has 0 bridgehead atoms. The second-order valence-corrected chi connectivity index (χ2v) is 10.4. The van der Waals surface area contributed by atoms with E-state index in [2.05, 4.69) is 4.98 Å². The van der Waals surface area contributed by atoms with Crippen LogP contribution in [0.2, 0.25) is 5.02 Å². The minimum Gasteiger partial charge on any atom is -0.456 e. The number of halogens is 1. The average molecular weight is 493 g/mol. The van der Waals surface area contributed by atoms with Crippen LogP contribution in [0.25, 0.3) is 10.6 Å². The van der Waals surface area contributed by atoms with E-state index >= 15 is 0 Å². The molecule has 0 aliphatic carbocycles. The third-order valence-corrected chi connectivity index (χ3v) is 8.19. The summed E-state index contributed by atoms with van der Waals surface area (Å²) in [4.78, 5) is 17.3. The van der Waals surface area contributed by atoms with Crippen molar-refractivity contribution in [2.45, 2.75) is 18.4 Å². The highest BCUT2D eigenvalue weighted by atomic mass is 35.5.